The highest BCUT2D eigenvalue weighted by Crippen LogP contribution is 2.31. The van der Waals surface area contributed by atoms with E-state index in [1.54, 1.807) is 0 Å². The average molecular weight is 342 g/mol. The number of carbonyl (C=O) groups is 1. The monoisotopic (exact) mass is 342 g/mol. The summed E-state index contributed by atoms with van der Waals surface area (Å²) in [7, 11) is 0. The molecule has 0 radical (unpaired) electrons. The van der Waals surface area contributed by atoms with Gasteiger partial charge in [-0.2, -0.15) is 0 Å². The summed E-state index contributed by atoms with van der Waals surface area (Å²) in [5, 5.41) is 3.98. The maximum absolute atomic E-state index is 12.5. The zero-order valence-electron chi connectivity index (χ0n) is 13.8. The quantitative estimate of drug-likeness (QED) is 0.922. The van der Waals surface area contributed by atoms with Gasteiger partial charge in [0.1, 0.15) is 5.75 Å². The predicted octanol–water partition coefficient (Wildman–Crippen LogP) is 3.67. The molecule has 1 unspecified atom stereocenters. The molecule has 24 heavy (non-hydrogen) atoms. The van der Waals surface area contributed by atoms with E-state index < -0.39 is 0 Å². The number of nitrogens with zero attached hydrogens (tertiary/aromatic N) is 1. The SMILES string of the molecule is Cc1cccc(Oc2ccc(C(=O)NC3CN4CCC3CC4)s2)c1. The molecule has 4 heterocycles. The Bertz CT molecular complexity index is 734. The Balaban J connectivity index is 1.40. The molecule has 5 heteroatoms. The Labute approximate surface area is 146 Å². The third-order valence-electron chi connectivity index (χ3n) is 4.99. The molecule has 3 fully saturated rings. The van der Waals surface area contributed by atoms with Crippen LogP contribution in [0.15, 0.2) is 36.4 Å². The van der Waals surface area contributed by atoms with Crippen LogP contribution in [-0.4, -0.2) is 36.5 Å². The molecular weight excluding hydrogens is 320 g/mol. The van der Waals surface area contributed by atoms with Crippen molar-refractivity contribution in [1.29, 1.82) is 0 Å². The smallest absolute Gasteiger partial charge is 0.261 e. The van der Waals surface area contributed by atoms with E-state index in [1.165, 1.54) is 37.3 Å². The number of aryl methyl sites for hydroxylation is 1. The number of piperidine rings is 3. The number of rotatable bonds is 4. The molecule has 5 rings (SSSR count). The first-order valence-electron chi connectivity index (χ1n) is 8.55. The molecule has 0 aliphatic carbocycles. The maximum Gasteiger partial charge on any atom is 0.261 e. The van der Waals surface area contributed by atoms with E-state index in [-0.39, 0.29) is 5.91 Å². The van der Waals surface area contributed by atoms with Crippen molar-refractivity contribution in [2.75, 3.05) is 19.6 Å². The zero-order chi connectivity index (χ0) is 16.5. The Hall–Kier alpha value is -1.85. The second kappa shape index (κ2) is 6.57. The van der Waals surface area contributed by atoms with Gasteiger partial charge in [-0.25, -0.2) is 0 Å². The van der Waals surface area contributed by atoms with Crippen molar-refractivity contribution in [1.82, 2.24) is 10.2 Å². The molecule has 2 aromatic rings. The van der Waals surface area contributed by atoms with E-state index in [0.717, 1.165) is 22.9 Å². The number of hydrogen-bond acceptors (Lipinski definition) is 4. The number of hydrogen-bond donors (Lipinski definition) is 1. The fourth-order valence-corrected chi connectivity index (χ4v) is 4.44. The summed E-state index contributed by atoms with van der Waals surface area (Å²) >= 11 is 1.40. The minimum atomic E-state index is 0.0258. The number of thiophene rings is 1. The van der Waals surface area contributed by atoms with Crippen molar-refractivity contribution in [2.45, 2.75) is 25.8 Å². The van der Waals surface area contributed by atoms with Crippen molar-refractivity contribution >= 4 is 17.2 Å². The Morgan fingerprint density at radius 3 is 2.79 bits per heavy atom. The van der Waals surface area contributed by atoms with Crippen molar-refractivity contribution in [2.24, 2.45) is 5.92 Å². The van der Waals surface area contributed by atoms with Crippen LogP contribution >= 0.6 is 11.3 Å². The Kier molecular flexibility index (Phi) is 4.29. The van der Waals surface area contributed by atoms with Gasteiger partial charge in [-0.1, -0.05) is 23.5 Å². The van der Waals surface area contributed by atoms with E-state index in [0.29, 0.717) is 16.8 Å². The maximum atomic E-state index is 12.5. The normalized spacial score (nSPS) is 25.5. The summed E-state index contributed by atoms with van der Waals surface area (Å²) in [5.74, 6) is 1.47. The number of fused-ring (bicyclic) bond motifs is 3. The minimum Gasteiger partial charge on any atom is -0.447 e. The highest BCUT2D eigenvalue weighted by atomic mass is 32.1. The van der Waals surface area contributed by atoms with Gasteiger partial charge in [0.05, 0.1) is 4.88 Å². The van der Waals surface area contributed by atoms with Gasteiger partial charge in [0.25, 0.3) is 5.91 Å². The zero-order valence-corrected chi connectivity index (χ0v) is 14.6. The van der Waals surface area contributed by atoms with Crippen LogP contribution in [0.5, 0.6) is 10.8 Å². The van der Waals surface area contributed by atoms with Gasteiger partial charge in [-0.05, 0) is 68.6 Å². The van der Waals surface area contributed by atoms with Gasteiger partial charge in [0.15, 0.2) is 5.06 Å². The highest BCUT2D eigenvalue weighted by Gasteiger charge is 2.35. The summed E-state index contributed by atoms with van der Waals surface area (Å²) < 4.78 is 5.86. The fraction of sp³-hybridized carbons (Fsp3) is 0.421. The van der Waals surface area contributed by atoms with Gasteiger partial charge in [0, 0.05) is 12.6 Å². The molecular formula is C19H22N2O2S. The summed E-state index contributed by atoms with van der Waals surface area (Å²) in [4.78, 5) is 15.7. The van der Waals surface area contributed by atoms with E-state index in [9.17, 15) is 4.79 Å². The number of ether oxygens (including phenoxy) is 1. The Morgan fingerprint density at radius 1 is 1.25 bits per heavy atom. The number of amides is 1. The summed E-state index contributed by atoms with van der Waals surface area (Å²) in [6.07, 6.45) is 2.41. The van der Waals surface area contributed by atoms with Crippen LogP contribution in [0.2, 0.25) is 0 Å². The van der Waals surface area contributed by atoms with E-state index in [2.05, 4.69) is 10.2 Å². The van der Waals surface area contributed by atoms with Crippen LogP contribution in [0.4, 0.5) is 0 Å². The van der Waals surface area contributed by atoms with Crippen LogP contribution in [0, 0.1) is 12.8 Å². The molecule has 3 aliphatic heterocycles. The highest BCUT2D eigenvalue weighted by molar-refractivity contribution is 7.15. The number of nitrogens with one attached hydrogen (secondary N) is 1. The predicted molar refractivity (Wildman–Crippen MR) is 96.0 cm³/mol. The second-order valence-electron chi connectivity index (χ2n) is 6.76. The lowest BCUT2D eigenvalue weighted by atomic mass is 9.84. The van der Waals surface area contributed by atoms with Gasteiger partial charge in [-0.15, -0.1) is 0 Å². The molecule has 3 aliphatic rings. The lowest BCUT2D eigenvalue weighted by molar-refractivity contribution is 0.0622. The van der Waals surface area contributed by atoms with Crippen LogP contribution in [-0.2, 0) is 0 Å². The van der Waals surface area contributed by atoms with Gasteiger partial charge in [0.2, 0.25) is 0 Å². The molecule has 4 nitrogen and oxygen atoms in total. The van der Waals surface area contributed by atoms with Crippen molar-refractivity contribution < 1.29 is 9.53 Å². The standard InChI is InChI=1S/C19H22N2O2S/c1-13-3-2-4-15(11-13)23-18-6-5-17(24-18)19(22)20-16-12-21-9-7-14(16)8-10-21/h2-6,11,14,16H,7-10,12H2,1H3,(H,20,22). The molecule has 1 aromatic carbocycles. The third kappa shape index (κ3) is 3.32. The van der Waals surface area contributed by atoms with Crippen molar-refractivity contribution in [3.63, 3.8) is 0 Å². The largest absolute Gasteiger partial charge is 0.447 e. The lowest BCUT2D eigenvalue weighted by Gasteiger charge is -2.44. The molecule has 1 N–H and O–H groups in total. The minimum absolute atomic E-state index is 0.0258. The Morgan fingerprint density at radius 2 is 2.08 bits per heavy atom. The van der Waals surface area contributed by atoms with E-state index >= 15 is 0 Å². The first-order chi connectivity index (χ1) is 11.7. The molecule has 0 spiro atoms. The molecule has 1 aromatic heterocycles. The first-order valence-corrected chi connectivity index (χ1v) is 9.36. The van der Waals surface area contributed by atoms with E-state index in [1.807, 2.05) is 43.3 Å². The van der Waals surface area contributed by atoms with Crippen LogP contribution in [0.25, 0.3) is 0 Å². The summed E-state index contributed by atoms with van der Waals surface area (Å²) in [6, 6.07) is 12.0. The summed E-state index contributed by atoms with van der Waals surface area (Å²) in [6.45, 7) is 5.40. The van der Waals surface area contributed by atoms with Crippen LogP contribution in [0.1, 0.15) is 28.1 Å². The van der Waals surface area contributed by atoms with Gasteiger partial charge in [-0.3, -0.25) is 4.79 Å². The van der Waals surface area contributed by atoms with Crippen molar-refractivity contribution in [3.05, 3.63) is 46.8 Å². The average Bonchev–Trinajstić information content (AvgIpc) is 3.05. The molecule has 1 amide bonds. The second-order valence-corrected chi connectivity index (χ2v) is 7.80. The summed E-state index contributed by atoms with van der Waals surface area (Å²) in [5.41, 5.74) is 1.16. The molecule has 0 saturated carbocycles. The molecule has 3 saturated heterocycles. The van der Waals surface area contributed by atoms with Crippen molar-refractivity contribution in [3.8, 4) is 10.8 Å². The van der Waals surface area contributed by atoms with Crippen LogP contribution in [0.3, 0.4) is 0 Å². The number of benzene rings is 1. The third-order valence-corrected chi connectivity index (χ3v) is 5.95. The van der Waals surface area contributed by atoms with Crippen LogP contribution < -0.4 is 10.1 Å². The molecule has 1 atom stereocenters. The fourth-order valence-electron chi connectivity index (χ4n) is 3.66. The molecule has 2 bridgehead atoms. The van der Waals surface area contributed by atoms with Gasteiger partial charge < -0.3 is 15.0 Å². The van der Waals surface area contributed by atoms with Gasteiger partial charge >= 0.3 is 0 Å². The lowest BCUT2D eigenvalue weighted by Crippen LogP contribution is -2.57. The number of carbonyl (C=O) groups excluding carboxylic acids is 1. The van der Waals surface area contributed by atoms with E-state index in [4.69, 9.17) is 4.74 Å². The molecule has 126 valence electrons. The first kappa shape index (κ1) is 15.7. The topological polar surface area (TPSA) is 41.6 Å².